The van der Waals surface area contributed by atoms with Gasteiger partial charge in [0.25, 0.3) is 0 Å². The monoisotopic (exact) mass is 402 g/mol. The highest BCUT2D eigenvalue weighted by Crippen LogP contribution is 2.28. The maximum Gasteiger partial charge on any atom is 0.308 e. The van der Waals surface area contributed by atoms with Gasteiger partial charge in [-0.25, -0.2) is 0 Å². The molecule has 4 rings (SSSR count). The summed E-state index contributed by atoms with van der Waals surface area (Å²) in [5.74, 6) is -0.510. The molecular weight excluding hydrogens is 380 g/mol. The van der Waals surface area contributed by atoms with Gasteiger partial charge in [-0.2, -0.15) is 0 Å². The van der Waals surface area contributed by atoms with Crippen LogP contribution >= 0.6 is 11.3 Å². The molecule has 5 heteroatoms. The number of carbonyl (C=O) groups excluding carboxylic acids is 1. The molecule has 0 aliphatic rings. The SMILES string of the molecule is CC(C)n1c(=O)sc2cc(NC(=O)C(c3ccccc3)c3ccccc3)ccc21. The molecule has 146 valence electrons. The predicted molar refractivity (Wildman–Crippen MR) is 120 cm³/mol. The fraction of sp³-hybridized carbons (Fsp3) is 0.167. The third-order valence-electron chi connectivity index (χ3n) is 4.93. The number of nitrogens with one attached hydrogen (secondary N) is 1. The topological polar surface area (TPSA) is 51.1 Å². The lowest BCUT2D eigenvalue weighted by molar-refractivity contribution is -0.116. The Labute approximate surface area is 173 Å². The van der Waals surface area contributed by atoms with Gasteiger partial charge in [0.2, 0.25) is 5.91 Å². The highest BCUT2D eigenvalue weighted by molar-refractivity contribution is 7.16. The van der Waals surface area contributed by atoms with Gasteiger partial charge in [-0.15, -0.1) is 0 Å². The van der Waals surface area contributed by atoms with Crippen molar-refractivity contribution in [1.29, 1.82) is 0 Å². The average Bonchev–Trinajstić information content (AvgIpc) is 3.05. The van der Waals surface area contributed by atoms with Gasteiger partial charge in [0.1, 0.15) is 0 Å². The van der Waals surface area contributed by atoms with Crippen LogP contribution in [0.3, 0.4) is 0 Å². The molecule has 1 aromatic heterocycles. The van der Waals surface area contributed by atoms with Crippen molar-refractivity contribution >= 4 is 33.1 Å². The Morgan fingerprint density at radius 2 is 1.48 bits per heavy atom. The molecule has 0 aliphatic heterocycles. The molecule has 4 nitrogen and oxygen atoms in total. The summed E-state index contributed by atoms with van der Waals surface area (Å²) < 4.78 is 2.65. The minimum atomic E-state index is -0.410. The molecule has 3 aromatic carbocycles. The van der Waals surface area contributed by atoms with Crippen molar-refractivity contribution in [1.82, 2.24) is 4.57 Å². The smallest absolute Gasteiger partial charge is 0.308 e. The zero-order valence-corrected chi connectivity index (χ0v) is 17.1. The summed E-state index contributed by atoms with van der Waals surface area (Å²) in [7, 11) is 0. The molecule has 0 aliphatic carbocycles. The third kappa shape index (κ3) is 3.87. The van der Waals surface area contributed by atoms with E-state index < -0.39 is 5.92 Å². The van der Waals surface area contributed by atoms with Crippen LogP contribution in [-0.4, -0.2) is 10.5 Å². The molecule has 29 heavy (non-hydrogen) atoms. The molecule has 0 spiro atoms. The number of fused-ring (bicyclic) bond motifs is 1. The molecule has 0 saturated carbocycles. The van der Waals surface area contributed by atoms with E-state index in [1.54, 1.807) is 4.57 Å². The Bertz CT molecular complexity index is 1150. The van der Waals surface area contributed by atoms with Gasteiger partial charge < -0.3 is 5.32 Å². The summed E-state index contributed by atoms with van der Waals surface area (Å²) in [6.07, 6.45) is 0. The first-order valence-electron chi connectivity index (χ1n) is 9.60. The van der Waals surface area contributed by atoms with Gasteiger partial charge >= 0.3 is 4.87 Å². The number of anilines is 1. The average molecular weight is 403 g/mol. The maximum absolute atomic E-state index is 13.3. The summed E-state index contributed by atoms with van der Waals surface area (Å²) in [6.45, 7) is 3.99. The van der Waals surface area contributed by atoms with E-state index in [2.05, 4.69) is 5.32 Å². The van der Waals surface area contributed by atoms with E-state index in [1.165, 1.54) is 11.3 Å². The number of hydrogen-bond acceptors (Lipinski definition) is 3. The summed E-state index contributed by atoms with van der Waals surface area (Å²) in [6, 6.07) is 25.3. The van der Waals surface area contributed by atoms with Gasteiger partial charge in [0, 0.05) is 11.7 Å². The number of benzene rings is 3. The van der Waals surface area contributed by atoms with E-state index in [-0.39, 0.29) is 16.8 Å². The largest absolute Gasteiger partial charge is 0.325 e. The lowest BCUT2D eigenvalue weighted by Gasteiger charge is -2.18. The maximum atomic E-state index is 13.3. The summed E-state index contributed by atoms with van der Waals surface area (Å²) in [5.41, 5.74) is 3.47. The zero-order valence-electron chi connectivity index (χ0n) is 16.3. The molecule has 0 saturated heterocycles. The number of nitrogens with zero attached hydrogens (tertiary/aromatic N) is 1. The number of rotatable bonds is 5. The molecule has 0 bridgehead atoms. The normalized spacial score (nSPS) is 11.3. The van der Waals surface area contributed by atoms with Crippen LogP contribution in [-0.2, 0) is 4.79 Å². The molecule has 1 heterocycles. The van der Waals surface area contributed by atoms with Crippen molar-refractivity contribution in [2.75, 3.05) is 5.32 Å². The van der Waals surface area contributed by atoms with Crippen molar-refractivity contribution in [3.8, 4) is 0 Å². The van der Waals surface area contributed by atoms with Gasteiger partial charge in [-0.05, 0) is 43.2 Å². The standard InChI is InChI=1S/C24H22N2O2S/c1-16(2)26-20-14-13-19(15-21(20)29-24(26)28)25-23(27)22(17-9-5-3-6-10-17)18-11-7-4-8-12-18/h3-16,22H,1-2H3,(H,25,27). The first-order chi connectivity index (χ1) is 14.0. The van der Waals surface area contributed by atoms with E-state index in [0.29, 0.717) is 5.69 Å². The minimum absolute atomic E-state index is 0.0184. The second-order valence-corrected chi connectivity index (χ2v) is 8.25. The second kappa shape index (κ2) is 8.05. The van der Waals surface area contributed by atoms with Crippen LogP contribution in [0.2, 0.25) is 0 Å². The van der Waals surface area contributed by atoms with Crippen LogP contribution < -0.4 is 10.2 Å². The number of carbonyl (C=O) groups is 1. The summed E-state index contributed by atoms with van der Waals surface area (Å²) >= 11 is 1.21. The summed E-state index contributed by atoms with van der Waals surface area (Å²) in [5, 5.41) is 3.05. The predicted octanol–water partition coefficient (Wildman–Crippen LogP) is 5.41. The number of aromatic nitrogens is 1. The molecule has 1 N–H and O–H groups in total. The van der Waals surface area contributed by atoms with Gasteiger partial charge in [-0.1, -0.05) is 72.0 Å². The first kappa shape index (κ1) is 19.2. The Morgan fingerprint density at radius 1 is 0.897 bits per heavy atom. The summed E-state index contributed by atoms with van der Waals surface area (Å²) in [4.78, 5) is 25.6. The Balaban J connectivity index is 1.68. The highest BCUT2D eigenvalue weighted by Gasteiger charge is 2.23. The van der Waals surface area contributed by atoms with Crippen molar-refractivity contribution in [3.05, 3.63) is 99.7 Å². The third-order valence-corrected chi connectivity index (χ3v) is 5.84. The van der Waals surface area contributed by atoms with E-state index in [4.69, 9.17) is 0 Å². The quantitative estimate of drug-likeness (QED) is 0.485. The molecule has 4 aromatic rings. The van der Waals surface area contributed by atoms with Crippen LogP contribution in [0, 0.1) is 0 Å². The van der Waals surface area contributed by atoms with E-state index in [1.807, 2.05) is 92.7 Å². The first-order valence-corrected chi connectivity index (χ1v) is 10.4. The van der Waals surface area contributed by atoms with Crippen molar-refractivity contribution in [2.45, 2.75) is 25.8 Å². The van der Waals surface area contributed by atoms with Crippen LogP contribution in [0.5, 0.6) is 0 Å². The lowest BCUT2D eigenvalue weighted by Crippen LogP contribution is -2.22. The Morgan fingerprint density at radius 3 is 2.03 bits per heavy atom. The van der Waals surface area contributed by atoms with E-state index >= 15 is 0 Å². The molecule has 1 amide bonds. The number of amides is 1. The highest BCUT2D eigenvalue weighted by atomic mass is 32.1. The van der Waals surface area contributed by atoms with E-state index in [9.17, 15) is 9.59 Å². The number of hydrogen-bond donors (Lipinski definition) is 1. The lowest BCUT2D eigenvalue weighted by atomic mass is 9.90. The zero-order chi connectivity index (χ0) is 20.4. The second-order valence-electron chi connectivity index (χ2n) is 7.26. The Hall–Kier alpha value is -3.18. The van der Waals surface area contributed by atoms with Crippen LogP contribution in [0.1, 0.15) is 36.9 Å². The molecule has 0 atom stereocenters. The van der Waals surface area contributed by atoms with Gasteiger partial charge in [0.05, 0.1) is 16.1 Å². The minimum Gasteiger partial charge on any atom is -0.325 e. The van der Waals surface area contributed by atoms with Crippen LogP contribution in [0.25, 0.3) is 10.2 Å². The van der Waals surface area contributed by atoms with Crippen molar-refractivity contribution in [3.63, 3.8) is 0 Å². The van der Waals surface area contributed by atoms with Gasteiger partial charge in [-0.3, -0.25) is 14.2 Å². The molecule has 0 fully saturated rings. The van der Waals surface area contributed by atoms with Crippen LogP contribution in [0.15, 0.2) is 83.7 Å². The molecule has 0 radical (unpaired) electrons. The van der Waals surface area contributed by atoms with Crippen molar-refractivity contribution in [2.24, 2.45) is 0 Å². The van der Waals surface area contributed by atoms with Gasteiger partial charge in [0.15, 0.2) is 0 Å². The molecular formula is C24H22N2O2S. The fourth-order valence-electron chi connectivity index (χ4n) is 3.60. The molecule has 0 unspecified atom stereocenters. The fourth-order valence-corrected chi connectivity index (χ4v) is 4.66. The Kier molecular flexibility index (Phi) is 5.32. The van der Waals surface area contributed by atoms with Crippen molar-refractivity contribution < 1.29 is 4.79 Å². The van der Waals surface area contributed by atoms with E-state index in [0.717, 1.165) is 21.3 Å². The van der Waals surface area contributed by atoms with Crippen LogP contribution in [0.4, 0.5) is 5.69 Å². The number of thiazole rings is 1.